The fourth-order valence-corrected chi connectivity index (χ4v) is 4.42. The van der Waals surface area contributed by atoms with Gasteiger partial charge in [-0.25, -0.2) is 0 Å². The van der Waals surface area contributed by atoms with Crippen LogP contribution in [-0.4, -0.2) is 21.6 Å². The van der Waals surface area contributed by atoms with Gasteiger partial charge in [-0.3, -0.25) is 0 Å². The second-order valence-electron chi connectivity index (χ2n) is 4.00. The third kappa shape index (κ3) is 2.96. The van der Waals surface area contributed by atoms with Gasteiger partial charge in [-0.1, -0.05) is 0 Å². The summed E-state index contributed by atoms with van der Waals surface area (Å²) in [6.07, 6.45) is 7.84. The molecule has 0 aliphatic carbocycles. The fraction of sp³-hybridized carbons (Fsp3) is 0.200. The van der Waals surface area contributed by atoms with E-state index in [1.807, 2.05) is 31.2 Å². The molecule has 1 heterocycles. The van der Waals surface area contributed by atoms with Gasteiger partial charge in [0.25, 0.3) is 0 Å². The Bertz CT molecular complexity index is 574. The number of hydrogen-bond donors (Lipinski definition) is 0. The van der Waals surface area contributed by atoms with Crippen molar-refractivity contribution in [3.8, 4) is 5.75 Å². The molecule has 0 radical (unpaired) electrons. The molecule has 4 heteroatoms. The first-order valence-electron chi connectivity index (χ1n) is 6.10. The summed E-state index contributed by atoms with van der Waals surface area (Å²) >= 11 is -0.578. The van der Waals surface area contributed by atoms with Crippen LogP contribution in [0.1, 0.15) is 19.4 Å². The van der Waals surface area contributed by atoms with Gasteiger partial charge in [-0.2, -0.15) is 0 Å². The van der Waals surface area contributed by atoms with Crippen molar-refractivity contribution in [3.05, 3.63) is 58.1 Å². The van der Waals surface area contributed by atoms with Gasteiger partial charge in [0.05, 0.1) is 0 Å². The second-order valence-corrected chi connectivity index (χ2v) is 6.87. The van der Waals surface area contributed by atoms with Crippen LogP contribution in [0.4, 0.5) is 8.78 Å². The zero-order valence-corrected chi connectivity index (χ0v) is 12.9. The Labute approximate surface area is 117 Å². The number of ether oxygens (including phenoxy) is 1. The van der Waals surface area contributed by atoms with Gasteiger partial charge in [0, 0.05) is 0 Å². The van der Waals surface area contributed by atoms with E-state index in [1.165, 1.54) is 10.5 Å². The van der Waals surface area contributed by atoms with E-state index >= 15 is 0 Å². The zero-order chi connectivity index (χ0) is 13.8. The fourth-order valence-electron chi connectivity index (χ4n) is 1.85. The van der Waals surface area contributed by atoms with E-state index < -0.39 is 26.6 Å². The van der Waals surface area contributed by atoms with Gasteiger partial charge < -0.3 is 0 Å². The average Bonchev–Trinajstić information content (AvgIpc) is 2.84. The Morgan fingerprint density at radius 1 is 1.21 bits per heavy atom. The van der Waals surface area contributed by atoms with Crippen molar-refractivity contribution in [1.29, 1.82) is 0 Å². The van der Waals surface area contributed by atoms with Gasteiger partial charge in [0.1, 0.15) is 0 Å². The molecule has 0 saturated carbocycles. The molecule has 0 fully saturated rings. The Balaban J connectivity index is 2.27. The van der Waals surface area contributed by atoms with Crippen LogP contribution in [0.25, 0.3) is 4.47 Å². The van der Waals surface area contributed by atoms with Gasteiger partial charge in [-0.15, -0.1) is 0 Å². The molecule has 0 unspecified atom stereocenters. The minimum atomic E-state index is -0.897. The van der Waals surface area contributed by atoms with E-state index in [1.54, 1.807) is 13.0 Å². The molecule has 1 aromatic carbocycles. The van der Waals surface area contributed by atoms with Crippen LogP contribution >= 0.6 is 0 Å². The second kappa shape index (κ2) is 6.18. The molecule has 1 nitrogen and oxygen atoms in total. The van der Waals surface area contributed by atoms with Crippen LogP contribution in [0.3, 0.4) is 0 Å². The summed E-state index contributed by atoms with van der Waals surface area (Å²) in [6, 6.07) is 3.10. The maximum absolute atomic E-state index is 14.0. The van der Waals surface area contributed by atoms with Crippen molar-refractivity contribution < 1.29 is 13.5 Å². The average molecular weight is 329 g/mol. The van der Waals surface area contributed by atoms with Crippen molar-refractivity contribution in [1.82, 2.24) is 0 Å². The molecule has 0 N–H and O–H groups in total. The first-order chi connectivity index (χ1) is 9.17. The topological polar surface area (TPSA) is 9.23 Å². The molecular formula is C15H16F2OSe. The first-order valence-corrected chi connectivity index (χ1v) is 8.20. The van der Waals surface area contributed by atoms with E-state index in [9.17, 15) is 8.78 Å². The quantitative estimate of drug-likeness (QED) is 0.770. The van der Waals surface area contributed by atoms with Crippen molar-refractivity contribution in [2.75, 3.05) is 6.61 Å². The summed E-state index contributed by atoms with van der Waals surface area (Å²) in [5.74, 6) is -1.73. The molecule has 0 aromatic heterocycles. The van der Waals surface area contributed by atoms with E-state index in [0.29, 0.717) is 12.2 Å². The van der Waals surface area contributed by atoms with Crippen molar-refractivity contribution in [2.24, 2.45) is 0 Å². The van der Waals surface area contributed by atoms with E-state index in [2.05, 4.69) is 0 Å². The third-order valence-electron chi connectivity index (χ3n) is 2.69. The van der Waals surface area contributed by atoms with Crippen molar-refractivity contribution >= 4 is 19.4 Å². The molecular weight excluding hydrogens is 313 g/mol. The van der Waals surface area contributed by atoms with E-state index in [-0.39, 0.29) is 5.75 Å². The summed E-state index contributed by atoms with van der Waals surface area (Å²) in [5.41, 5.74) is 0.358. The first kappa shape index (κ1) is 14.0. The van der Waals surface area contributed by atoms with Gasteiger partial charge >= 0.3 is 117 Å². The molecule has 2 rings (SSSR count). The van der Waals surface area contributed by atoms with Gasteiger partial charge in [-0.05, 0) is 0 Å². The van der Waals surface area contributed by atoms with E-state index in [4.69, 9.17) is 4.74 Å². The predicted molar refractivity (Wildman–Crippen MR) is 76.9 cm³/mol. The Kier molecular flexibility index (Phi) is 4.56. The molecule has 0 spiro atoms. The standard InChI is InChI=1S/C15H16F2OSe/c1-3-5-10-6-9-13(19-10)11-7-8-12(18-4-2)15(17)14(11)16/h3,5-9H,4,19H2,1-2H3. The summed E-state index contributed by atoms with van der Waals surface area (Å²) < 4.78 is 35.0. The maximum atomic E-state index is 14.0. The molecule has 1 aliphatic heterocycles. The number of halogens is 2. The number of benzene rings is 1. The molecule has 0 saturated heterocycles. The molecule has 0 amide bonds. The Hall–Kier alpha value is -1.38. The molecule has 0 bridgehead atoms. The Morgan fingerprint density at radius 2 is 2.00 bits per heavy atom. The summed E-state index contributed by atoms with van der Waals surface area (Å²) in [4.78, 5) is 0. The van der Waals surface area contributed by atoms with E-state index in [0.717, 1.165) is 4.47 Å². The minimum absolute atomic E-state index is 0.0241. The molecule has 1 aliphatic rings. The molecule has 0 atom stereocenters. The van der Waals surface area contributed by atoms with Crippen LogP contribution in [0.2, 0.25) is 0 Å². The third-order valence-corrected chi connectivity index (χ3v) is 5.48. The Morgan fingerprint density at radius 3 is 2.68 bits per heavy atom. The van der Waals surface area contributed by atoms with Crippen molar-refractivity contribution in [2.45, 2.75) is 13.8 Å². The normalized spacial score (nSPS) is 16.8. The molecule has 1 aromatic rings. The summed E-state index contributed by atoms with van der Waals surface area (Å²) in [6.45, 7) is 4.01. The van der Waals surface area contributed by atoms with Crippen molar-refractivity contribution in [3.63, 3.8) is 0 Å². The summed E-state index contributed by atoms with van der Waals surface area (Å²) in [7, 11) is 0. The van der Waals surface area contributed by atoms with Crippen LogP contribution in [0.15, 0.2) is 40.9 Å². The van der Waals surface area contributed by atoms with Crippen LogP contribution in [0, 0.1) is 11.6 Å². The predicted octanol–water partition coefficient (Wildman–Crippen LogP) is 3.35. The molecule has 19 heavy (non-hydrogen) atoms. The zero-order valence-electron chi connectivity index (χ0n) is 10.8. The molecule has 102 valence electrons. The summed E-state index contributed by atoms with van der Waals surface area (Å²) in [5, 5.41) is 0. The SMILES string of the molecule is CC=CC1=CC=C(c2ccc(OCC)c(F)c2F)[SeH2]1. The van der Waals surface area contributed by atoms with Crippen LogP contribution < -0.4 is 4.74 Å². The number of allylic oxidation sites excluding steroid dienone is 5. The number of rotatable bonds is 4. The van der Waals surface area contributed by atoms with Gasteiger partial charge in [0.2, 0.25) is 0 Å². The monoisotopic (exact) mass is 330 g/mol. The van der Waals surface area contributed by atoms with Gasteiger partial charge in [0.15, 0.2) is 0 Å². The van der Waals surface area contributed by atoms with Crippen LogP contribution in [0.5, 0.6) is 5.75 Å². The number of hydrogen-bond acceptors (Lipinski definition) is 1. The van der Waals surface area contributed by atoms with Crippen LogP contribution in [-0.2, 0) is 0 Å².